The van der Waals surface area contributed by atoms with Crippen LogP contribution in [-0.2, 0) is 9.53 Å². The number of ether oxygens (including phenoxy) is 1. The van der Waals surface area contributed by atoms with Crippen molar-refractivity contribution in [2.75, 3.05) is 13.7 Å². The van der Waals surface area contributed by atoms with Gasteiger partial charge in [-0.1, -0.05) is 24.3 Å². The van der Waals surface area contributed by atoms with Crippen LogP contribution in [0.4, 0.5) is 0 Å². The molecule has 0 saturated carbocycles. The summed E-state index contributed by atoms with van der Waals surface area (Å²) in [6.07, 6.45) is 4.91. The number of pyridine rings is 2. The molecule has 0 atom stereocenters. The van der Waals surface area contributed by atoms with Gasteiger partial charge in [0.25, 0.3) is 5.91 Å². The number of amides is 1. The Balaban J connectivity index is 1.91. The van der Waals surface area contributed by atoms with E-state index in [9.17, 15) is 14.7 Å². The third-order valence-corrected chi connectivity index (χ3v) is 3.68. The van der Waals surface area contributed by atoms with Crippen LogP contribution in [0.3, 0.4) is 0 Å². The molecule has 3 aromatic rings. The number of hydrogen-bond donors (Lipinski definition) is 2. The van der Waals surface area contributed by atoms with Gasteiger partial charge in [0, 0.05) is 35.1 Å². The molecule has 126 valence electrons. The van der Waals surface area contributed by atoms with Crippen molar-refractivity contribution >= 4 is 22.6 Å². The Morgan fingerprint density at radius 3 is 2.76 bits per heavy atom. The van der Waals surface area contributed by atoms with Gasteiger partial charge in [0.1, 0.15) is 12.3 Å². The summed E-state index contributed by atoms with van der Waals surface area (Å²) in [5.41, 5.74) is 1.26. The Hall–Kier alpha value is -3.48. The molecule has 0 spiro atoms. The lowest BCUT2D eigenvalue weighted by Crippen LogP contribution is -2.30. The summed E-state index contributed by atoms with van der Waals surface area (Å²) in [5, 5.41) is 14.4. The van der Waals surface area contributed by atoms with Gasteiger partial charge in [-0.05, 0) is 11.5 Å². The van der Waals surface area contributed by atoms with Crippen molar-refractivity contribution in [1.29, 1.82) is 0 Å². The van der Waals surface area contributed by atoms with Crippen molar-refractivity contribution < 1.29 is 19.4 Å². The van der Waals surface area contributed by atoms with E-state index in [1.54, 1.807) is 12.4 Å². The van der Waals surface area contributed by atoms with Crippen LogP contribution in [0.2, 0.25) is 0 Å². The fourth-order valence-electron chi connectivity index (χ4n) is 2.43. The number of carbonyl (C=O) groups excluding carboxylic acids is 2. The second-order valence-corrected chi connectivity index (χ2v) is 5.26. The summed E-state index contributed by atoms with van der Waals surface area (Å²) < 4.78 is 4.44. The third-order valence-electron chi connectivity index (χ3n) is 3.68. The molecule has 7 nitrogen and oxygen atoms in total. The van der Waals surface area contributed by atoms with Crippen molar-refractivity contribution in [3.8, 4) is 16.9 Å². The van der Waals surface area contributed by atoms with E-state index in [0.29, 0.717) is 5.56 Å². The molecule has 0 bridgehead atoms. The maximum Gasteiger partial charge on any atom is 0.325 e. The fraction of sp³-hybridized carbons (Fsp3) is 0.111. The first kappa shape index (κ1) is 16.4. The number of benzene rings is 1. The summed E-state index contributed by atoms with van der Waals surface area (Å²) in [6, 6.07) is 9.16. The summed E-state index contributed by atoms with van der Waals surface area (Å²) in [6.45, 7) is -0.300. The maximum atomic E-state index is 12.0. The maximum absolute atomic E-state index is 12.0. The SMILES string of the molecule is COC(=O)CNC(=O)c1ncc(-c2cncc3ccccc23)cc1O. The highest BCUT2D eigenvalue weighted by molar-refractivity contribution is 5.99. The predicted octanol–water partition coefficient (Wildman–Crippen LogP) is 1.91. The zero-order valence-electron chi connectivity index (χ0n) is 13.4. The molecule has 3 rings (SSSR count). The molecule has 2 heterocycles. The van der Waals surface area contributed by atoms with Crippen molar-refractivity contribution in [3.05, 3.63) is 54.6 Å². The van der Waals surface area contributed by atoms with Gasteiger partial charge < -0.3 is 15.2 Å². The van der Waals surface area contributed by atoms with Crippen molar-refractivity contribution in [1.82, 2.24) is 15.3 Å². The van der Waals surface area contributed by atoms with E-state index >= 15 is 0 Å². The summed E-state index contributed by atoms with van der Waals surface area (Å²) in [4.78, 5) is 31.3. The minimum atomic E-state index is -0.662. The van der Waals surface area contributed by atoms with E-state index in [0.717, 1.165) is 16.3 Å². The van der Waals surface area contributed by atoms with Crippen LogP contribution in [-0.4, -0.2) is 40.6 Å². The summed E-state index contributed by atoms with van der Waals surface area (Å²) >= 11 is 0. The third kappa shape index (κ3) is 3.40. The minimum Gasteiger partial charge on any atom is -0.505 e. The molecule has 2 N–H and O–H groups in total. The molecule has 0 aliphatic rings. The van der Waals surface area contributed by atoms with Crippen molar-refractivity contribution in [2.24, 2.45) is 0 Å². The van der Waals surface area contributed by atoms with E-state index in [2.05, 4.69) is 20.0 Å². The Bertz CT molecular complexity index is 951. The molecule has 0 aliphatic heterocycles. The molecule has 1 aromatic carbocycles. The number of esters is 1. The largest absolute Gasteiger partial charge is 0.505 e. The topological polar surface area (TPSA) is 101 Å². The summed E-state index contributed by atoms with van der Waals surface area (Å²) in [7, 11) is 1.22. The second kappa shape index (κ2) is 6.96. The molecule has 0 radical (unpaired) electrons. The lowest BCUT2D eigenvalue weighted by atomic mass is 10.0. The number of fused-ring (bicyclic) bond motifs is 1. The number of nitrogens with one attached hydrogen (secondary N) is 1. The van der Waals surface area contributed by atoms with Gasteiger partial charge in [-0.2, -0.15) is 0 Å². The van der Waals surface area contributed by atoms with E-state index in [4.69, 9.17) is 0 Å². The molecule has 0 fully saturated rings. The van der Waals surface area contributed by atoms with Gasteiger partial charge >= 0.3 is 5.97 Å². The molecular formula is C18H15N3O4. The van der Waals surface area contributed by atoms with Gasteiger partial charge in [0.2, 0.25) is 0 Å². The van der Waals surface area contributed by atoms with E-state index in [-0.39, 0.29) is 18.0 Å². The van der Waals surface area contributed by atoms with Crippen LogP contribution in [0.5, 0.6) is 5.75 Å². The number of hydrogen-bond acceptors (Lipinski definition) is 6. The lowest BCUT2D eigenvalue weighted by molar-refractivity contribution is -0.139. The first-order valence-corrected chi connectivity index (χ1v) is 7.47. The summed E-state index contributed by atoms with van der Waals surface area (Å²) in [5.74, 6) is -1.54. The smallest absolute Gasteiger partial charge is 0.325 e. The number of nitrogens with zero attached hydrogens (tertiary/aromatic N) is 2. The first-order chi connectivity index (χ1) is 12.1. The number of methoxy groups -OCH3 is 1. The Kier molecular flexibility index (Phi) is 4.56. The minimum absolute atomic E-state index is 0.166. The molecule has 0 unspecified atom stereocenters. The highest BCUT2D eigenvalue weighted by Crippen LogP contribution is 2.30. The molecule has 1 amide bonds. The Labute approximate surface area is 143 Å². The monoisotopic (exact) mass is 337 g/mol. The highest BCUT2D eigenvalue weighted by atomic mass is 16.5. The number of aromatic hydroxyl groups is 1. The van der Waals surface area contributed by atoms with Gasteiger partial charge in [0.15, 0.2) is 5.69 Å². The second-order valence-electron chi connectivity index (χ2n) is 5.26. The first-order valence-electron chi connectivity index (χ1n) is 7.47. The Morgan fingerprint density at radius 1 is 1.20 bits per heavy atom. The quantitative estimate of drug-likeness (QED) is 0.705. The van der Waals surface area contributed by atoms with Crippen molar-refractivity contribution in [3.63, 3.8) is 0 Å². The number of carbonyl (C=O) groups is 2. The standard InChI is InChI=1S/C18H15N3O4/c1-25-16(23)10-21-18(24)17-15(22)6-12(8-20-17)14-9-19-7-11-4-2-3-5-13(11)14/h2-9,22H,10H2,1H3,(H,21,24). The van der Waals surface area contributed by atoms with Crippen LogP contribution in [0.15, 0.2) is 48.9 Å². The van der Waals surface area contributed by atoms with Crippen LogP contribution in [0.25, 0.3) is 21.9 Å². The zero-order valence-corrected chi connectivity index (χ0v) is 13.4. The highest BCUT2D eigenvalue weighted by Gasteiger charge is 2.16. The average Bonchev–Trinajstić information content (AvgIpc) is 2.65. The van der Waals surface area contributed by atoms with Crippen LogP contribution < -0.4 is 5.32 Å². The molecule has 7 heteroatoms. The van der Waals surface area contributed by atoms with Gasteiger partial charge in [-0.15, -0.1) is 0 Å². The molecule has 0 aliphatic carbocycles. The molecular weight excluding hydrogens is 322 g/mol. The lowest BCUT2D eigenvalue weighted by Gasteiger charge is -2.09. The van der Waals surface area contributed by atoms with Crippen LogP contribution in [0.1, 0.15) is 10.5 Å². The normalized spacial score (nSPS) is 10.4. The number of aromatic nitrogens is 2. The van der Waals surface area contributed by atoms with E-state index in [1.165, 1.54) is 19.4 Å². The molecule has 25 heavy (non-hydrogen) atoms. The van der Waals surface area contributed by atoms with E-state index < -0.39 is 11.9 Å². The molecule has 0 saturated heterocycles. The van der Waals surface area contributed by atoms with Crippen LogP contribution in [0, 0.1) is 0 Å². The van der Waals surface area contributed by atoms with E-state index in [1.807, 2.05) is 24.3 Å². The molecule has 2 aromatic heterocycles. The van der Waals surface area contributed by atoms with Crippen LogP contribution >= 0.6 is 0 Å². The van der Waals surface area contributed by atoms with Gasteiger partial charge in [-0.25, -0.2) is 4.98 Å². The number of rotatable bonds is 4. The van der Waals surface area contributed by atoms with Gasteiger partial charge in [0.05, 0.1) is 7.11 Å². The Morgan fingerprint density at radius 2 is 2.00 bits per heavy atom. The fourth-order valence-corrected chi connectivity index (χ4v) is 2.43. The predicted molar refractivity (Wildman–Crippen MR) is 91.0 cm³/mol. The zero-order chi connectivity index (χ0) is 17.8. The van der Waals surface area contributed by atoms with Gasteiger partial charge in [-0.3, -0.25) is 14.6 Å². The van der Waals surface area contributed by atoms with Crippen molar-refractivity contribution in [2.45, 2.75) is 0 Å². The average molecular weight is 337 g/mol.